The van der Waals surface area contributed by atoms with E-state index < -0.39 is 0 Å². The third-order valence-electron chi connectivity index (χ3n) is 3.53. The molecule has 1 aliphatic carbocycles. The van der Waals surface area contributed by atoms with Crippen LogP contribution in [0.2, 0.25) is 0 Å². The molecule has 1 aromatic carbocycles. The average molecular weight is 299 g/mol. The van der Waals surface area contributed by atoms with Gasteiger partial charge in [-0.3, -0.25) is 9.59 Å². The Bertz CT molecular complexity index is 618. The van der Waals surface area contributed by atoms with Crippen LogP contribution in [-0.4, -0.2) is 39.5 Å². The van der Waals surface area contributed by atoms with Gasteiger partial charge < -0.3 is 15.5 Å². The smallest absolute Gasteiger partial charge is 0.247 e. The van der Waals surface area contributed by atoms with Gasteiger partial charge in [0.1, 0.15) is 0 Å². The Kier molecular flexibility index (Phi) is 5.36. The second-order valence-electron chi connectivity index (χ2n) is 5.30. The van der Waals surface area contributed by atoms with Gasteiger partial charge in [-0.15, -0.1) is 0 Å². The number of carbonyl (C=O) groups excluding carboxylic acids is 2. The van der Waals surface area contributed by atoms with E-state index in [4.69, 9.17) is 0 Å². The van der Waals surface area contributed by atoms with Crippen LogP contribution in [0.5, 0.6) is 0 Å². The van der Waals surface area contributed by atoms with Gasteiger partial charge in [0.25, 0.3) is 0 Å². The van der Waals surface area contributed by atoms with Crippen molar-refractivity contribution >= 4 is 24.1 Å². The van der Waals surface area contributed by atoms with E-state index >= 15 is 0 Å². The molecule has 1 aliphatic rings. The first-order valence-electron chi connectivity index (χ1n) is 7.25. The fourth-order valence-corrected chi connectivity index (χ4v) is 2.44. The van der Waals surface area contributed by atoms with Gasteiger partial charge in [0.2, 0.25) is 12.3 Å². The number of nitrogens with one attached hydrogen (secondary N) is 2. The topological polar surface area (TPSA) is 61.4 Å². The Hall–Kier alpha value is -2.56. The molecule has 0 atom stereocenters. The number of carbonyl (C=O) groups is 2. The van der Waals surface area contributed by atoms with Crippen LogP contribution in [0.3, 0.4) is 0 Å². The minimum atomic E-state index is -0.0968. The molecule has 5 heteroatoms. The molecule has 1 aromatic rings. The summed E-state index contributed by atoms with van der Waals surface area (Å²) in [5, 5.41) is 5.33. The maximum absolute atomic E-state index is 12.2. The number of fused-ring (bicyclic) bond motifs is 1. The molecule has 0 bridgehead atoms. The van der Waals surface area contributed by atoms with Crippen LogP contribution in [0.25, 0.3) is 6.08 Å². The van der Waals surface area contributed by atoms with E-state index in [1.165, 1.54) is 0 Å². The molecule has 2 amide bonds. The Morgan fingerprint density at radius 3 is 2.86 bits per heavy atom. The number of anilines is 1. The molecule has 0 heterocycles. The SMILES string of the molecule is CN(C)c1cccc2c1C=CC=C(C(=O)NCCNC=O)C2. The minimum Gasteiger partial charge on any atom is -0.377 e. The lowest BCUT2D eigenvalue weighted by atomic mass is 9.99. The Morgan fingerprint density at radius 2 is 2.14 bits per heavy atom. The summed E-state index contributed by atoms with van der Waals surface area (Å²) in [6.07, 6.45) is 7.02. The van der Waals surface area contributed by atoms with E-state index in [0.29, 0.717) is 25.9 Å². The van der Waals surface area contributed by atoms with Crippen molar-refractivity contribution in [3.8, 4) is 0 Å². The highest BCUT2D eigenvalue weighted by atomic mass is 16.1. The summed E-state index contributed by atoms with van der Waals surface area (Å²) in [7, 11) is 4.02. The largest absolute Gasteiger partial charge is 0.377 e. The molecule has 0 saturated heterocycles. The molecule has 0 spiro atoms. The van der Waals surface area contributed by atoms with Gasteiger partial charge in [-0.05, 0) is 11.6 Å². The molecule has 0 aromatic heterocycles. The number of benzene rings is 1. The highest BCUT2D eigenvalue weighted by Crippen LogP contribution is 2.27. The highest BCUT2D eigenvalue weighted by Gasteiger charge is 2.15. The zero-order valence-corrected chi connectivity index (χ0v) is 12.9. The van der Waals surface area contributed by atoms with Crippen molar-refractivity contribution in [1.82, 2.24) is 10.6 Å². The van der Waals surface area contributed by atoms with E-state index in [9.17, 15) is 9.59 Å². The predicted octanol–water partition coefficient (Wildman–Crippen LogP) is 1.11. The second kappa shape index (κ2) is 7.45. The number of rotatable bonds is 6. The molecule has 2 N–H and O–H groups in total. The van der Waals surface area contributed by atoms with Crippen LogP contribution in [0, 0.1) is 0 Å². The third-order valence-corrected chi connectivity index (χ3v) is 3.53. The molecule has 22 heavy (non-hydrogen) atoms. The van der Waals surface area contributed by atoms with Crippen molar-refractivity contribution in [1.29, 1.82) is 0 Å². The molecule has 0 radical (unpaired) electrons. The second-order valence-corrected chi connectivity index (χ2v) is 5.30. The van der Waals surface area contributed by atoms with Crippen molar-refractivity contribution in [2.45, 2.75) is 6.42 Å². The standard InChI is InChI=1S/C17H21N3O2/c1-20(2)16-8-4-5-13-11-14(6-3-7-15(13)16)17(22)19-10-9-18-12-21/h3-8,12H,9-11H2,1-2H3,(H,18,21)(H,19,22). The lowest BCUT2D eigenvalue weighted by molar-refractivity contribution is -0.117. The summed E-state index contributed by atoms with van der Waals surface area (Å²) in [6, 6.07) is 6.13. The van der Waals surface area contributed by atoms with Crippen molar-refractivity contribution < 1.29 is 9.59 Å². The van der Waals surface area contributed by atoms with Crippen LogP contribution in [0.1, 0.15) is 11.1 Å². The maximum atomic E-state index is 12.2. The molecule has 0 aliphatic heterocycles. The number of nitrogens with zero attached hydrogens (tertiary/aromatic N) is 1. The Morgan fingerprint density at radius 1 is 1.32 bits per heavy atom. The first-order valence-corrected chi connectivity index (χ1v) is 7.25. The average Bonchev–Trinajstić information content (AvgIpc) is 2.73. The molecule has 5 nitrogen and oxygen atoms in total. The lowest BCUT2D eigenvalue weighted by Gasteiger charge is -2.18. The number of hydrogen-bond donors (Lipinski definition) is 2. The van der Waals surface area contributed by atoms with Crippen molar-refractivity contribution in [2.24, 2.45) is 0 Å². The normalized spacial score (nSPS) is 12.7. The van der Waals surface area contributed by atoms with Gasteiger partial charge in [0, 0.05) is 50.4 Å². The fourth-order valence-electron chi connectivity index (χ4n) is 2.44. The van der Waals surface area contributed by atoms with Gasteiger partial charge in [-0.2, -0.15) is 0 Å². The number of hydrogen-bond acceptors (Lipinski definition) is 3. The Balaban J connectivity index is 2.11. The van der Waals surface area contributed by atoms with Gasteiger partial charge in [0.15, 0.2) is 0 Å². The summed E-state index contributed by atoms with van der Waals surface area (Å²) < 4.78 is 0. The van der Waals surface area contributed by atoms with E-state index in [1.54, 1.807) is 0 Å². The van der Waals surface area contributed by atoms with Crippen molar-refractivity contribution in [3.63, 3.8) is 0 Å². The van der Waals surface area contributed by atoms with Crippen LogP contribution < -0.4 is 15.5 Å². The predicted molar refractivity (Wildman–Crippen MR) is 88.7 cm³/mol. The van der Waals surface area contributed by atoms with Crippen LogP contribution in [0.4, 0.5) is 5.69 Å². The molecular weight excluding hydrogens is 278 g/mol. The first kappa shape index (κ1) is 15.8. The molecule has 0 saturated carbocycles. The zero-order valence-electron chi connectivity index (χ0n) is 12.9. The molecule has 0 fully saturated rings. The molecule has 2 rings (SSSR count). The fraction of sp³-hybridized carbons (Fsp3) is 0.294. The quantitative estimate of drug-likeness (QED) is 0.611. The van der Waals surface area contributed by atoms with Gasteiger partial charge in [-0.1, -0.05) is 30.4 Å². The molecule has 116 valence electrons. The van der Waals surface area contributed by atoms with Crippen LogP contribution in [0.15, 0.2) is 35.9 Å². The van der Waals surface area contributed by atoms with Gasteiger partial charge in [-0.25, -0.2) is 0 Å². The monoisotopic (exact) mass is 299 g/mol. The summed E-state index contributed by atoms with van der Waals surface area (Å²) >= 11 is 0. The van der Waals surface area contributed by atoms with Crippen LogP contribution >= 0.6 is 0 Å². The lowest BCUT2D eigenvalue weighted by Crippen LogP contribution is -2.32. The van der Waals surface area contributed by atoms with Crippen LogP contribution in [-0.2, 0) is 16.0 Å². The number of allylic oxidation sites excluding steroid dienone is 2. The van der Waals surface area contributed by atoms with E-state index in [-0.39, 0.29) is 5.91 Å². The van der Waals surface area contributed by atoms with E-state index in [1.807, 2.05) is 44.5 Å². The van der Waals surface area contributed by atoms with E-state index in [0.717, 1.165) is 22.4 Å². The van der Waals surface area contributed by atoms with Gasteiger partial charge >= 0.3 is 0 Å². The summed E-state index contributed by atoms with van der Waals surface area (Å²) in [5.74, 6) is -0.0968. The maximum Gasteiger partial charge on any atom is 0.247 e. The highest BCUT2D eigenvalue weighted by molar-refractivity contribution is 5.95. The summed E-state index contributed by atoms with van der Waals surface area (Å²) in [5.41, 5.74) is 4.14. The molecular formula is C17H21N3O2. The minimum absolute atomic E-state index is 0.0968. The van der Waals surface area contributed by atoms with E-state index in [2.05, 4.69) is 21.6 Å². The van der Waals surface area contributed by atoms with Crippen molar-refractivity contribution in [3.05, 3.63) is 47.1 Å². The Labute approximate surface area is 130 Å². The zero-order chi connectivity index (χ0) is 15.9. The van der Waals surface area contributed by atoms with Gasteiger partial charge in [0.05, 0.1) is 0 Å². The molecule has 0 unspecified atom stereocenters. The first-order chi connectivity index (χ1) is 10.6. The number of amides is 2. The summed E-state index contributed by atoms with van der Waals surface area (Å²) in [6.45, 7) is 0.850. The third kappa shape index (κ3) is 3.75. The van der Waals surface area contributed by atoms with Crippen molar-refractivity contribution in [2.75, 3.05) is 32.1 Å². The summed E-state index contributed by atoms with van der Waals surface area (Å²) in [4.78, 5) is 24.4.